The van der Waals surface area contributed by atoms with Crippen molar-refractivity contribution in [3.8, 4) is 0 Å². The minimum Gasteiger partial charge on any atom is -0.444 e. The molecule has 0 saturated heterocycles. The smallest absolute Gasteiger partial charge is 0.434 e. The lowest BCUT2D eigenvalue weighted by Gasteiger charge is -2.38. The van der Waals surface area contributed by atoms with Gasteiger partial charge >= 0.3 is 43.2 Å². The molecule has 122 heavy (non-hydrogen) atoms. The number of aryl methyl sites for hydroxylation is 2. The highest BCUT2D eigenvalue weighted by atomic mass is 35.5. The zero-order valence-corrected chi connectivity index (χ0v) is 72.7. The molecule has 6 aliphatic rings. The fraction of sp³-hybridized carbons (Fsp3) is 0.442. The molecule has 3 saturated carbocycles. The van der Waals surface area contributed by atoms with Crippen LogP contribution in [0.25, 0.3) is 0 Å². The number of fused-ring (bicyclic) bond motifs is 3. The van der Waals surface area contributed by atoms with Crippen molar-refractivity contribution in [1.82, 2.24) is 44.4 Å². The molecule has 33 nitrogen and oxygen atoms in total. The SMILES string of the molecule is CC(C)(C)OC(=O)N1CCc2ccc(Cl)cc2C1c1cc(C(=O)c2cncnc2N[C@@H]2C[C@H](COS(N)(=O)=O)[C@@H](O)C2)sc1Cl.Cc1sc(C(=O)c2cncnc2N[C@@H]2C[C@H](COS(N)(=O)=O)[C@@H](O)C2)cc1C1OCCn2cc(C(F)(F)F)nc21.NS(=O)(=O)OC[C@H]1C[C@@H](Nc2ncncc2C(=O)c2cc(C3CCCc4ccc(Cl)cc43)cs2)C[C@@H]1O. The van der Waals surface area contributed by atoms with Gasteiger partial charge in [0.2, 0.25) is 17.3 Å². The second-order valence-corrected chi connectivity index (χ2v) is 39.5. The highest BCUT2D eigenvalue weighted by Gasteiger charge is 2.43. The Morgan fingerprint density at radius 2 is 1.07 bits per heavy atom. The third-order valence-electron chi connectivity index (χ3n) is 21.5. The van der Waals surface area contributed by atoms with Crippen molar-refractivity contribution < 1.29 is 94.9 Å². The average Bonchev–Trinajstić information content (AvgIpc) is 1.53. The monoisotopic (exact) mass is 1860 g/mol. The molecule has 12 atom stereocenters. The Balaban J connectivity index is 0.000000158. The number of imidazole rings is 1. The summed E-state index contributed by atoms with van der Waals surface area (Å²) >= 11 is 23.1. The van der Waals surface area contributed by atoms with Gasteiger partial charge in [-0.2, -0.15) is 38.4 Å². The van der Waals surface area contributed by atoms with Crippen LogP contribution in [-0.4, -0.2) is 183 Å². The van der Waals surface area contributed by atoms with E-state index in [1.807, 2.05) is 29.6 Å². The number of ether oxygens (including phenoxy) is 2. The number of carbonyl (C=O) groups excluding carboxylic acids is 4. The quantitative estimate of drug-likeness (QED) is 0.0254. The molecule has 4 aliphatic carbocycles. The number of nitrogens with one attached hydrogen (secondary N) is 3. The Hall–Kier alpha value is -8.22. The molecule has 3 fully saturated rings. The van der Waals surface area contributed by atoms with Crippen molar-refractivity contribution >= 4 is 141 Å². The number of ketones is 3. The maximum absolute atomic E-state index is 13.9. The Bertz CT molecular complexity index is 5750. The second-order valence-electron chi connectivity index (χ2n) is 31.2. The second kappa shape index (κ2) is 37.9. The number of benzene rings is 2. The van der Waals surface area contributed by atoms with Crippen LogP contribution in [0.15, 0.2) is 104 Å². The van der Waals surface area contributed by atoms with Crippen molar-refractivity contribution in [3.63, 3.8) is 0 Å². The molecule has 0 bridgehead atoms. The normalized spacial score (nSPS) is 22.8. The molecular formula is C77H85Cl3F3N15O18S6. The third kappa shape index (κ3) is 22.7. The van der Waals surface area contributed by atoms with Gasteiger partial charge in [0.15, 0.2) is 5.69 Å². The Kier molecular flexibility index (Phi) is 28.4. The number of nitrogens with zero attached hydrogens (tertiary/aromatic N) is 9. The number of anilines is 3. The van der Waals surface area contributed by atoms with Crippen molar-refractivity contribution in [1.29, 1.82) is 0 Å². The van der Waals surface area contributed by atoms with Crippen LogP contribution < -0.4 is 31.4 Å². The maximum Gasteiger partial charge on any atom is 0.434 e. The van der Waals surface area contributed by atoms with E-state index in [2.05, 4.69) is 69.5 Å². The first-order valence-electron chi connectivity index (χ1n) is 38.3. The van der Waals surface area contributed by atoms with Crippen molar-refractivity contribution in [2.75, 3.05) is 48.9 Å². The topological polar surface area (TPSA) is 490 Å². The number of alkyl halides is 3. The van der Waals surface area contributed by atoms with E-state index in [0.29, 0.717) is 95.0 Å². The number of aliphatic hydroxyl groups is 3. The summed E-state index contributed by atoms with van der Waals surface area (Å²) in [6, 6.07) is 15.2. The summed E-state index contributed by atoms with van der Waals surface area (Å²) in [7, 11) is -12.4. The van der Waals surface area contributed by atoms with Crippen LogP contribution in [0.3, 0.4) is 0 Å². The molecule has 9 heterocycles. The number of hydrogen-bond acceptors (Lipinski definition) is 31. The van der Waals surface area contributed by atoms with E-state index in [-0.39, 0.29) is 104 Å². The molecule has 3 unspecified atom stereocenters. The highest BCUT2D eigenvalue weighted by Crippen LogP contribution is 2.47. The third-order valence-corrected chi connectivity index (χ3v) is 26.7. The number of aliphatic hydroxyl groups excluding tert-OH is 3. The molecule has 9 aromatic rings. The first-order valence-corrected chi connectivity index (χ1v) is 46.3. The number of halogens is 6. The zero-order valence-electron chi connectivity index (χ0n) is 65.5. The first-order chi connectivity index (χ1) is 57.6. The summed E-state index contributed by atoms with van der Waals surface area (Å²) in [6.07, 6.45) is 6.33. The lowest BCUT2D eigenvalue weighted by Crippen LogP contribution is -2.43. The molecule has 15 rings (SSSR count). The van der Waals surface area contributed by atoms with Crippen LogP contribution in [-0.2, 0) is 78.5 Å². The lowest BCUT2D eigenvalue weighted by atomic mass is 9.80. The summed E-state index contributed by atoms with van der Waals surface area (Å²) in [5, 5.41) is 58.6. The number of carbonyl (C=O) groups is 4. The molecule has 7 aromatic heterocycles. The van der Waals surface area contributed by atoms with Gasteiger partial charge in [0.1, 0.15) is 54.0 Å². The number of thiophene rings is 3. The van der Waals surface area contributed by atoms with E-state index in [1.165, 1.54) is 64.6 Å². The van der Waals surface area contributed by atoms with Crippen molar-refractivity contribution in [2.24, 2.45) is 33.2 Å². The summed E-state index contributed by atoms with van der Waals surface area (Å²) in [5.74, 6) is -1.24. The van der Waals surface area contributed by atoms with Crippen molar-refractivity contribution in [3.05, 3.63) is 205 Å². The molecule has 0 spiro atoms. The van der Waals surface area contributed by atoms with Gasteiger partial charge in [-0.3, -0.25) is 31.8 Å². The maximum atomic E-state index is 13.9. The van der Waals surface area contributed by atoms with E-state index in [9.17, 15) is 72.9 Å². The van der Waals surface area contributed by atoms with Crippen LogP contribution in [0, 0.1) is 24.7 Å². The van der Waals surface area contributed by atoms with E-state index in [0.717, 1.165) is 64.8 Å². The standard InChI is InChI=1S/C29H33Cl2N5O7S2.C25H27ClN4O5S2.C23H25F3N6O6S2/c1-29(2,3)43-28(39)36-7-6-15-4-5-17(30)9-19(15)24(36)20-11-23(44-26(20)31)25(38)21-12-33-14-34-27(21)35-18-8-16(22(37)10-18)13-42-45(32,40)41;26-17-5-4-14-2-1-3-19(20(14)8-17)16-7-23(36-12-16)24(32)21-10-28-13-29-25(21)30-18-6-15(22(31)9-18)11-35-37(27,33)34;1-11-14(20-22-31-18(23(24,25)26)8-32(22)2-3-37-20)6-17(39-11)19(34)15-7-28-10-29-21(15)30-13-4-12(16(33)5-13)9-38-40(27,35)36/h4-5,9,11-12,14,16,18,22,24,37H,6-8,10,13H2,1-3H3,(H2,32,40,41)(H,33,34,35);4-5,7-8,10,12-13,15,18-19,22,31H,1-3,6,9,11H2,(H2,27,33,34)(H,28,29,30);6-8,10,12-13,16,20,33H,2-5,9H2,1H3,(H2,27,35,36)(H,28,29,30)/t16-,18-,22+,24?;15-,18-,19?,22+;12-,13-,16+,20?/m111/s1. The fourth-order valence-electron chi connectivity index (χ4n) is 15.8. The van der Waals surface area contributed by atoms with Gasteiger partial charge in [0.25, 0.3) is 0 Å². The summed E-state index contributed by atoms with van der Waals surface area (Å²) in [6.45, 7) is 7.16. The van der Waals surface area contributed by atoms with Gasteiger partial charge in [0, 0.05) is 106 Å². The first kappa shape index (κ1) is 91.5. The van der Waals surface area contributed by atoms with E-state index < -0.39 is 114 Å². The number of hydrogen-bond donors (Lipinski definition) is 9. The zero-order chi connectivity index (χ0) is 87.7. The number of aromatic nitrogens is 8. The van der Waals surface area contributed by atoms with Gasteiger partial charge in [0.05, 0.1) is 86.4 Å². The number of amides is 1. The summed E-state index contributed by atoms with van der Waals surface area (Å²) in [5.41, 5.74) is 5.46. The molecule has 1 amide bonds. The van der Waals surface area contributed by atoms with Gasteiger partial charge in [-0.05, 0) is 168 Å². The largest absolute Gasteiger partial charge is 0.444 e. The number of rotatable bonds is 24. The minimum atomic E-state index is -4.60. The summed E-state index contributed by atoms with van der Waals surface area (Å²) in [4.78, 5) is 86.4. The van der Waals surface area contributed by atoms with E-state index >= 15 is 0 Å². The predicted octanol–water partition coefficient (Wildman–Crippen LogP) is 10.6. The van der Waals surface area contributed by atoms with Crippen LogP contribution in [0.1, 0.15) is 191 Å². The summed E-state index contributed by atoms with van der Waals surface area (Å²) < 4.78 is 134. The van der Waals surface area contributed by atoms with Gasteiger partial charge in [-0.1, -0.05) is 46.9 Å². The van der Waals surface area contributed by atoms with E-state index in [4.69, 9.17) is 59.7 Å². The molecule has 45 heteroatoms. The number of nitrogens with two attached hydrogens (primary N) is 3. The lowest BCUT2D eigenvalue weighted by molar-refractivity contribution is -0.141. The van der Waals surface area contributed by atoms with Gasteiger partial charge in [-0.25, -0.2) is 55.1 Å². The molecular weight excluding hydrogens is 1780 g/mol. The van der Waals surface area contributed by atoms with Crippen LogP contribution in [0.5, 0.6) is 0 Å². The molecule has 2 aromatic carbocycles. The molecule has 654 valence electrons. The minimum absolute atomic E-state index is 0.115. The predicted molar refractivity (Wildman–Crippen MR) is 446 cm³/mol. The van der Waals surface area contributed by atoms with Gasteiger partial charge < -0.3 is 45.3 Å². The fourth-order valence-corrected chi connectivity index (χ4v) is 20.5. The van der Waals surface area contributed by atoms with E-state index in [1.54, 1.807) is 56.9 Å². The van der Waals surface area contributed by atoms with Crippen LogP contribution >= 0.6 is 68.8 Å². The average molecular weight is 1860 g/mol. The molecule has 2 aliphatic heterocycles. The Morgan fingerprint density at radius 3 is 1.56 bits per heavy atom. The molecule has 12 N–H and O–H groups in total. The molecule has 0 radical (unpaired) electrons. The van der Waals surface area contributed by atoms with Crippen LogP contribution in [0.2, 0.25) is 14.4 Å². The van der Waals surface area contributed by atoms with Crippen LogP contribution in [0.4, 0.5) is 35.4 Å². The Labute approximate surface area is 726 Å². The Morgan fingerprint density at radius 1 is 0.607 bits per heavy atom. The van der Waals surface area contributed by atoms with Crippen molar-refractivity contribution in [2.45, 2.75) is 165 Å². The van der Waals surface area contributed by atoms with Gasteiger partial charge in [-0.15, -0.1) is 34.0 Å². The highest BCUT2D eigenvalue weighted by molar-refractivity contribution is 7.84.